The lowest BCUT2D eigenvalue weighted by Crippen LogP contribution is -2.15. The fourth-order valence-electron chi connectivity index (χ4n) is 2.26. The molecule has 0 bridgehead atoms. The number of hydrogen-bond donors (Lipinski definition) is 1. The van der Waals surface area contributed by atoms with Gasteiger partial charge in [0.1, 0.15) is 13.2 Å². The molecule has 1 unspecified atom stereocenters. The number of aliphatic hydroxyl groups is 1. The Hall–Kier alpha value is -2.47. The van der Waals surface area contributed by atoms with Crippen LogP contribution in [-0.4, -0.2) is 34.1 Å². The Kier molecular flexibility index (Phi) is 4.29. The smallest absolute Gasteiger partial charge is 0.200 e. The van der Waals surface area contributed by atoms with Crippen molar-refractivity contribution in [2.75, 3.05) is 13.2 Å². The molecule has 1 N–H and O–H groups in total. The van der Waals surface area contributed by atoms with E-state index < -0.39 is 6.10 Å². The SMILES string of the molecule is O=C(CCC(O)c1ccc2c(c1)OCCO2)c1ncccn1. The van der Waals surface area contributed by atoms with Gasteiger partial charge in [0.05, 0.1) is 6.10 Å². The van der Waals surface area contributed by atoms with Crippen LogP contribution in [0.1, 0.15) is 35.1 Å². The van der Waals surface area contributed by atoms with Crippen molar-refractivity contribution in [2.24, 2.45) is 0 Å². The van der Waals surface area contributed by atoms with Crippen molar-refractivity contribution in [1.29, 1.82) is 0 Å². The largest absolute Gasteiger partial charge is 0.486 e. The van der Waals surface area contributed by atoms with Crippen LogP contribution in [0.4, 0.5) is 0 Å². The van der Waals surface area contributed by atoms with Crippen LogP contribution >= 0.6 is 0 Å². The Balaban J connectivity index is 1.62. The molecule has 0 saturated carbocycles. The number of aliphatic hydroxyl groups excluding tert-OH is 1. The van der Waals surface area contributed by atoms with Gasteiger partial charge in [0, 0.05) is 18.8 Å². The molecule has 6 nitrogen and oxygen atoms in total. The topological polar surface area (TPSA) is 81.5 Å². The lowest BCUT2D eigenvalue weighted by molar-refractivity contribution is 0.0930. The molecule has 1 aliphatic heterocycles. The molecule has 3 rings (SSSR count). The van der Waals surface area contributed by atoms with Gasteiger partial charge >= 0.3 is 0 Å². The molecule has 2 aromatic rings. The minimum absolute atomic E-state index is 0.178. The van der Waals surface area contributed by atoms with Crippen LogP contribution in [0.25, 0.3) is 0 Å². The fraction of sp³-hybridized carbons (Fsp3) is 0.312. The molecule has 0 amide bonds. The third-order valence-corrected chi connectivity index (χ3v) is 3.41. The number of carbonyl (C=O) groups is 1. The highest BCUT2D eigenvalue weighted by molar-refractivity contribution is 5.92. The first-order chi connectivity index (χ1) is 10.7. The van der Waals surface area contributed by atoms with Gasteiger partial charge in [0.15, 0.2) is 23.1 Å². The number of nitrogens with zero attached hydrogens (tertiary/aromatic N) is 2. The molecule has 0 radical (unpaired) electrons. The molecule has 0 saturated heterocycles. The van der Waals surface area contributed by atoms with Crippen LogP contribution in [0, 0.1) is 0 Å². The van der Waals surface area contributed by atoms with Crippen molar-refractivity contribution in [3.05, 3.63) is 48.0 Å². The van der Waals surface area contributed by atoms with Gasteiger partial charge in [0.25, 0.3) is 0 Å². The molecular weight excluding hydrogens is 284 g/mol. The number of rotatable bonds is 5. The van der Waals surface area contributed by atoms with E-state index in [1.807, 2.05) is 0 Å². The summed E-state index contributed by atoms with van der Waals surface area (Å²) in [6, 6.07) is 6.96. The van der Waals surface area contributed by atoms with Crippen molar-refractivity contribution in [3.8, 4) is 11.5 Å². The van der Waals surface area contributed by atoms with E-state index in [1.165, 1.54) is 12.4 Å². The molecule has 1 aromatic carbocycles. The van der Waals surface area contributed by atoms with Crippen molar-refractivity contribution in [3.63, 3.8) is 0 Å². The van der Waals surface area contributed by atoms with Gasteiger partial charge in [-0.15, -0.1) is 0 Å². The highest BCUT2D eigenvalue weighted by Gasteiger charge is 2.17. The maximum absolute atomic E-state index is 11.9. The maximum Gasteiger partial charge on any atom is 0.200 e. The molecular formula is C16H16N2O4. The van der Waals surface area contributed by atoms with Gasteiger partial charge in [-0.25, -0.2) is 9.97 Å². The minimum Gasteiger partial charge on any atom is -0.486 e. The second-order valence-electron chi connectivity index (χ2n) is 4.95. The predicted octanol–water partition coefficient (Wildman–Crippen LogP) is 1.94. The van der Waals surface area contributed by atoms with Crippen LogP contribution in [0.15, 0.2) is 36.7 Å². The number of benzene rings is 1. The molecule has 2 heterocycles. The zero-order chi connectivity index (χ0) is 15.4. The van der Waals surface area contributed by atoms with Gasteiger partial charge in [-0.1, -0.05) is 6.07 Å². The molecule has 0 fully saturated rings. The van der Waals surface area contributed by atoms with E-state index >= 15 is 0 Å². The lowest BCUT2D eigenvalue weighted by atomic mass is 10.0. The quantitative estimate of drug-likeness (QED) is 0.850. The third-order valence-electron chi connectivity index (χ3n) is 3.41. The Morgan fingerprint density at radius 3 is 2.68 bits per heavy atom. The Labute approximate surface area is 127 Å². The number of Topliss-reactive ketones (excluding diaryl/α,β-unsaturated/α-hetero) is 1. The Bertz CT molecular complexity index is 660. The van der Waals surface area contributed by atoms with Crippen LogP contribution in [0.5, 0.6) is 11.5 Å². The van der Waals surface area contributed by atoms with E-state index in [9.17, 15) is 9.90 Å². The van der Waals surface area contributed by atoms with Crippen LogP contribution in [0.3, 0.4) is 0 Å². The first-order valence-corrected chi connectivity index (χ1v) is 7.12. The van der Waals surface area contributed by atoms with E-state index in [1.54, 1.807) is 24.3 Å². The standard InChI is InChI=1S/C16H16N2O4/c19-12(3-4-13(20)16-17-6-1-7-18-16)11-2-5-14-15(10-11)22-9-8-21-14/h1-2,5-7,10,12,19H,3-4,8-9H2. The van der Waals surface area contributed by atoms with Crippen molar-refractivity contribution >= 4 is 5.78 Å². The van der Waals surface area contributed by atoms with E-state index in [4.69, 9.17) is 9.47 Å². The zero-order valence-electron chi connectivity index (χ0n) is 11.9. The molecule has 1 aromatic heterocycles. The normalized spacial score (nSPS) is 14.4. The molecule has 22 heavy (non-hydrogen) atoms. The van der Waals surface area contributed by atoms with Crippen LogP contribution < -0.4 is 9.47 Å². The summed E-state index contributed by atoms with van der Waals surface area (Å²) in [4.78, 5) is 19.7. The van der Waals surface area contributed by atoms with Gasteiger partial charge in [-0.2, -0.15) is 0 Å². The minimum atomic E-state index is -0.747. The highest BCUT2D eigenvalue weighted by atomic mass is 16.6. The lowest BCUT2D eigenvalue weighted by Gasteiger charge is -2.20. The Morgan fingerprint density at radius 1 is 1.18 bits per heavy atom. The molecule has 6 heteroatoms. The van der Waals surface area contributed by atoms with Gasteiger partial charge in [0.2, 0.25) is 0 Å². The summed E-state index contributed by atoms with van der Waals surface area (Å²) in [5, 5.41) is 10.2. The number of fused-ring (bicyclic) bond motifs is 1. The second kappa shape index (κ2) is 6.53. The fourth-order valence-corrected chi connectivity index (χ4v) is 2.26. The van der Waals surface area contributed by atoms with Crippen molar-refractivity contribution in [2.45, 2.75) is 18.9 Å². The van der Waals surface area contributed by atoms with Gasteiger partial charge in [-0.3, -0.25) is 4.79 Å². The highest BCUT2D eigenvalue weighted by Crippen LogP contribution is 2.33. The van der Waals surface area contributed by atoms with Crippen LogP contribution in [0.2, 0.25) is 0 Å². The van der Waals surface area contributed by atoms with E-state index in [0.29, 0.717) is 36.7 Å². The zero-order valence-corrected chi connectivity index (χ0v) is 11.9. The van der Waals surface area contributed by atoms with Gasteiger partial charge in [-0.05, 0) is 30.2 Å². The summed E-state index contributed by atoms with van der Waals surface area (Å²) >= 11 is 0. The monoisotopic (exact) mass is 300 g/mol. The summed E-state index contributed by atoms with van der Waals surface area (Å²) in [6.07, 6.45) is 2.79. The summed E-state index contributed by atoms with van der Waals surface area (Å²) in [5.74, 6) is 1.30. The molecule has 114 valence electrons. The number of carbonyl (C=O) groups excluding carboxylic acids is 1. The Morgan fingerprint density at radius 2 is 1.91 bits per heavy atom. The first-order valence-electron chi connectivity index (χ1n) is 7.12. The number of hydrogen-bond acceptors (Lipinski definition) is 6. The first kappa shape index (κ1) is 14.5. The van der Waals surface area contributed by atoms with E-state index in [2.05, 4.69) is 9.97 Å². The molecule has 0 aliphatic carbocycles. The predicted molar refractivity (Wildman–Crippen MR) is 78.0 cm³/mol. The summed E-state index contributed by atoms with van der Waals surface area (Å²) < 4.78 is 10.9. The van der Waals surface area contributed by atoms with E-state index in [-0.39, 0.29) is 18.0 Å². The summed E-state index contributed by atoms with van der Waals surface area (Å²) in [7, 11) is 0. The van der Waals surface area contributed by atoms with E-state index in [0.717, 1.165) is 0 Å². The third kappa shape index (κ3) is 3.23. The number of aromatic nitrogens is 2. The average Bonchev–Trinajstić information content (AvgIpc) is 2.59. The van der Waals surface area contributed by atoms with Crippen molar-refractivity contribution in [1.82, 2.24) is 9.97 Å². The number of ketones is 1. The second-order valence-corrected chi connectivity index (χ2v) is 4.95. The average molecular weight is 300 g/mol. The summed E-state index contributed by atoms with van der Waals surface area (Å²) in [5.41, 5.74) is 0.700. The molecule has 1 aliphatic rings. The maximum atomic E-state index is 11.9. The molecule has 1 atom stereocenters. The summed E-state index contributed by atoms with van der Waals surface area (Å²) in [6.45, 7) is 1.02. The number of ether oxygens (including phenoxy) is 2. The van der Waals surface area contributed by atoms with Crippen molar-refractivity contribution < 1.29 is 19.4 Å². The molecule has 0 spiro atoms. The van der Waals surface area contributed by atoms with Gasteiger partial charge < -0.3 is 14.6 Å². The van der Waals surface area contributed by atoms with Crippen LogP contribution in [-0.2, 0) is 0 Å².